The second-order valence-electron chi connectivity index (χ2n) is 6.75. The van der Waals surface area contributed by atoms with Crippen molar-refractivity contribution in [1.82, 2.24) is 9.80 Å². The van der Waals surface area contributed by atoms with E-state index in [1.54, 1.807) is 0 Å². The highest BCUT2D eigenvalue weighted by Crippen LogP contribution is 2.46. The molecule has 1 aliphatic carbocycles. The Morgan fingerprint density at radius 1 is 1.37 bits per heavy atom. The molecule has 0 aromatic heterocycles. The third-order valence-electron chi connectivity index (χ3n) is 5.03. The standard InChI is InChI=1S/C15H29N3O/c1-12(2)17(3)10-13-4-8-18(9-5-13)14(19)15(11-16)6-7-15/h12-13H,4-11,16H2,1-3H3. The lowest BCUT2D eigenvalue weighted by Crippen LogP contribution is -2.46. The van der Waals surface area contributed by atoms with Crippen LogP contribution in [0.4, 0.5) is 0 Å². The molecule has 0 spiro atoms. The number of hydrogen-bond donors (Lipinski definition) is 1. The molecule has 1 saturated heterocycles. The zero-order chi connectivity index (χ0) is 14.0. The Kier molecular flexibility index (Phi) is 4.51. The molecule has 0 bridgehead atoms. The molecule has 2 rings (SSSR count). The summed E-state index contributed by atoms with van der Waals surface area (Å²) in [5.41, 5.74) is 5.58. The average Bonchev–Trinajstić information content (AvgIpc) is 3.19. The van der Waals surface area contributed by atoms with Crippen LogP contribution in [0.2, 0.25) is 0 Å². The maximum atomic E-state index is 12.4. The SMILES string of the molecule is CC(C)N(C)CC1CCN(C(=O)C2(CN)CC2)CC1. The first-order valence-corrected chi connectivity index (χ1v) is 7.68. The van der Waals surface area contributed by atoms with Gasteiger partial charge in [0.2, 0.25) is 5.91 Å². The number of amides is 1. The normalized spacial score (nSPS) is 23.2. The molecular weight excluding hydrogens is 238 g/mol. The molecule has 4 heteroatoms. The fourth-order valence-corrected chi connectivity index (χ4v) is 2.93. The van der Waals surface area contributed by atoms with Gasteiger partial charge in [0.15, 0.2) is 0 Å². The summed E-state index contributed by atoms with van der Waals surface area (Å²) < 4.78 is 0. The summed E-state index contributed by atoms with van der Waals surface area (Å²) in [5, 5.41) is 0. The maximum absolute atomic E-state index is 12.4. The number of rotatable bonds is 5. The van der Waals surface area contributed by atoms with E-state index in [4.69, 9.17) is 5.73 Å². The minimum absolute atomic E-state index is 0.165. The van der Waals surface area contributed by atoms with Crippen molar-refractivity contribution in [2.75, 3.05) is 33.2 Å². The van der Waals surface area contributed by atoms with E-state index in [1.165, 1.54) is 0 Å². The second kappa shape index (κ2) is 5.80. The number of nitrogens with zero attached hydrogens (tertiary/aromatic N) is 2. The van der Waals surface area contributed by atoms with Crippen LogP contribution in [0.1, 0.15) is 39.5 Å². The van der Waals surface area contributed by atoms with Crippen molar-refractivity contribution >= 4 is 5.91 Å². The van der Waals surface area contributed by atoms with E-state index in [2.05, 4.69) is 30.7 Å². The molecule has 0 radical (unpaired) electrons. The van der Waals surface area contributed by atoms with Gasteiger partial charge in [-0.1, -0.05) is 0 Å². The van der Waals surface area contributed by atoms with Gasteiger partial charge in [-0.15, -0.1) is 0 Å². The molecule has 1 aliphatic heterocycles. The summed E-state index contributed by atoms with van der Waals surface area (Å²) in [4.78, 5) is 16.9. The van der Waals surface area contributed by atoms with Gasteiger partial charge in [-0.25, -0.2) is 0 Å². The molecule has 2 fully saturated rings. The van der Waals surface area contributed by atoms with Crippen LogP contribution in [0, 0.1) is 11.3 Å². The first kappa shape index (κ1) is 14.8. The summed E-state index contributed by atoms with van der Waals surface area (Å²) in [6.45, 7) is 8.01. The number of carbonyl (C=O) groups excluding carboxylic acids is 1. The molecule has 0 unspecified atom stereocenters. The number of likely N-dealkylation sites (tertiary alicyclic amines) is 1. The van der Waals surface area contributed by atoms with Gasteiger partial charge in [0.05, 0.1) is 5.41 Å². The predicted molar refractivity (Wildman–Crippen MR) is 77.8 cm³/mol. The Bertz CT molecular complexity index is 317. The number of piperidine rings is 1. The highest BCUT2D eigenvalue weighted by Gasteiger charge is 2.50. The largest absolute Gasteiger partial charge is 0.342 e. The Hall–Kier alpha value is -0.610. The van der Waals surface area contributed by atoms with Crippen molar-refractivity contribution in [2.24, 2.45) is 17.1 Å². The minimum atomic E-state index is -0.165. The van der Waals surface area contributed by atoms with Crippen molar-refractivity contribution in [1.29, 1.82) is 0 Å². The van der Waals surface area contributed by atoms with E-state index in [0.29, 0.717) is 18.5 Å². The molecule has 1 saturated carbocycles. The fourth-order valence-electron chi connectivity index (χ4n) is 2.93. The van der Waals surface area contributed by atoms with Crippen molar-refractivity contribution in [2.45, 2.75) is 45.6 Å². The van der Waals surface area contributed by atoms with E-state index in [-0.39, 0.29) is 5.41 Å². The van der Waals surface area contributed by atoms with Gasteiger partial charge in [-0.3, -0.25) is 4.79 Å². The second-order valence-corrected chi connectivity index (χ2v) is 6.75. The molecule has 1 heterocycles. The van der Waals surface area contributed by atoms with Crippen LogP contribution in [0.3, 0.4) is 0 Å². The predicted octanol–water partition coefficient (Wildman–Crippen LogP) is 1.30. The number of nitrogens with two attached hydrogens (primary N) is 1. The first-order chi connectivity index (χ1) is 8.98. The zero-order valence-electron chi connectivity index (χ0n) is 12.7. The van der Waals surface area contributed by atoms with Crippen LogP contribution in [0.25, 0.3) is 0 Å². The van der Waals surface area contributed by atoms with Gasteiger partial charge in [0.1, 0.15) is 0 Å². The van der Waals surface area contributed by atoms with Crippen molar-refractivity contribution in [3.8, 4) is 0 Å². The average molecular weight is 267 g/mol. The van der Waals surface area contributed by atoms with Gasteiger partial charge in [0.25, 0.3) is 0 Å². The van der Waals surface area contributed by atoms with E-state index in [9.17, 15) is 4.79 Å². The van der Waals surface area contributed by atoms with Crippen LogP contribution in [-0.4, -0.2) is 55.0 Å². The van der Waals surface area contributed by atoms with Crippen LogP contribution >= 0.6 is 0 Å². The number of carbonyl (C=O) groups is 1. The van der Waals surface area contributed by atoms with Crippen molar-refractivity contribution < 1.29 is 4.79 Å². The lowest BCUT2D eigenvalue weighted by molar-refractivity contribution is -0.138. The van der Waals surface area contributed by atoms with Gasteiger partial charge < -0.3 is 15.5 Å². The summed E-state index contributed by atoms with van der Waals surface area (Å²) in [7, 11) is 2.19. The molecule has 0 aromatic rings. The Balaban J connectivity index is 1.78. The van der Waals surface area contributed by atoms with E-state index in [0.717, 1.165) is 51.2 Å². The Morgan fingerprint density at radius 2 is 1.95 bits per heavy atom. The van der Waals surface area contributed by atoms with E-state index in [1.807, 2.05) is 0 Å². The summed E-state index contributed by atoms with van der Waals surface area (Å²) in [5.74, 6) is 1.06. The summed E-state index contributed by atoms with van der Waals surface area (Å²) >= 11 is 0. The van der Waals surface area contributed by atoms with Gasteiger partial charge in [-0.05, 0) is 52.5 Å². The van der Waals surface area contributed by atoms with Crippen molar-refractivity contribution in [3.05, 3.63) is 0 Å². The molecule has 0 aromatic carbocycles. The lowest BCUT2D eigenvalue weighted by Gasteiger charge is -2.36. The van der Waals surface area contributed by atoms with Crippen LogP contribution in [0.15, 0.2) is 0 Å². The molecule has 2 aliphatic rings. The Labute approximate surface area is 117 Å². The molecule has 1 amide bonds. The topological polar surface area (TPSA) is 49.6 Å². The highest BCUT2D eigenvalue weighted by molar-refractivity contribution is 5.85. The highest BCUT2D eigenvalue weighted by atomic mass is 16.2. The van der Waals surface area contributed by atoms with Crippen LogP contribution < -0.4 is 5.73 Å². The minimum Gasteiger partial charge on any atom is -0.342 e. The fraction of sp³-hybridized carbons (Fsp3) is 0.933. The quantitative estimate of drug-likeness (QED) is 0.817. The first-order valence-electron chi connectivity index (χ1n) is 7.68. The maximum Gasteiger partial charge on any atom is 0.230 e. The van der Waals surface area contributed by atoms with Crippen molar-refractivity contribution in [3.63, 3.8) is 0 Å². The molecule has 2 N–H and O–H groups in total. The monoisotopic (exact) mass is 267 g/mol. The third-order valence-corrected chi connectivity index (χ3v) is 5.03. The molecule has 4 nitrogen and oxygen atoms in total. The van der Waals surface area contributed by atoms with E-state index >= 15 is 0 Å². The Morgan fingerprint density at radius 3 is 2.37 bits per heavy atom. The van der Waals surface area contributed by atoms with Crippen LogP contribution in [-0.2, 0) is 4.79 Å². The van der Waals surface area contributed by atoms with Gasteiger partial charge in [-0.2, -0.15) is 0 Å². The summed E-state index contributed by atoms with van der Waals surface area (Å²) in [6.07, 6.45) is 4.28. The number of hydrogen-bond acceptors (Lipinski definition) is 3. The molecule has 110 valence electrons. The molecular formula is C15H29N3O. The van der Waals surface area contributed by atoms with Crippen LogP contribution in [0.5, 0.6) is 0 Å². The molecule has 0 atom stereocenters. The summed E-state index contributed by atoms with van der Waals surface area (Å²) in [6, 6.07) is 0.603. The third kappa shape index (κ3) is 3.29. The van der Waals surface area contributed by atoms with Gasteiger partial charge in [0, 0.05) is 32.2 Å². The van der Waals surface area contributed by atoms with E-state index < -0.39 is 0 Å². The van der Waals surface area contributed by atoms with Gasteiger partial charge >= 0.3 is 0 Å². The zero-order valence-corrected chi connectivity index (χ0v) is 12.7. The lowest BCUT2D eigenvalue weighted by atomic mass is 9.94. The molecule has 19 heavy (non-hydrogen) atoms. The smallest absolute Gasteiger partial charge is 0.230 e.